The molecule has 1 aliphatic carbocycles. The second-order valence-electron chi connectivity index (χ2n) is 7.13. The number of benzene rings is 1. The summed E-state index contributed by atoms with van der Waals surface area (Å²) in [5, 5.41) is 0. The fraction of sp³-hybridized carbons (Fsp3) is 0.455. The van der Waals surface area contributed by atoms with Gasteiger partial charge in [-0.1, -0.05) is 12.1 Å². The summed E-state index contributed by atoms with van der Waals surface area (Å²) >= 11 is 0. The predicted octanol–water partition coefficient (Wildman–Crippen LogP) is 2.58. The molecule has 8 heteroatoms. The number of methoxy groups -OCH3 is 1. The molecule has 0 aromatic heterocycles. The molecule has 0 saturated heterocycles. The van der Waals surface area contributed by atoms with Crippen molar-refractivity contribution < 1.29 is 38.1 Å². The number of carbonyl (C=O) groups is 4. The molecule has 2 rings (SSSR count). The van der Waals surface area contributed by atoms with Gasteiger partial charge in [-0.15, -0.1) is 0 Å². The van der Waals surface area contributed by atoms with Crippen LogP contribution in [0.15, 0.2) is 24.3 Å². The molecule has 162 valence electrons. The highest BCUT2D eigenvalue weighted by molar-refractivity contribution is 6.16. The second-order valence-corrected chi connectivity index (χ2v) is 7.13. The van der Waals surface area contributed by atoms with Gasteiger partial charge in [-0.25, -0.2) is 4.79 Å². The monoisotopic (exact) mass is 418 g/mol. The van der Waals surface area contributed by atoms with E-state index >= 15 is 0 Å². The third-order valence-corrected chi connectivity index (χ3v) is 4.76. The summed E-state index contributed by atoms with van der Waals surface area (Å²) in [7, 11) is 1.20. The molecule has 1 aliphatic rings. The van der Waals surface area contributed by atoms with E-state index < -0.39 is 34.9 Å². The van der Waals surface area contributed by atoms with E-state index in [0.29, 0.717) is 11.1 Å². The average molecular weight is 418 g/mol. The second kappa shape index (κ2) is 8.69. The Bertz CT molecular complexity index is 892. The number of rotatable bonds is 7. The maximum atomic E-state index is 13.2. The number of carbonyl (C=O) groups excluding carboxylic acids is 4. The number of fused-ring (bicyclic) bond motifs is 1. The predicted molar refractivity (Wildman–Crippen MR) is 107 cm³/mol. The standard InChI is InChI=1S/C22H26O8/c1-7-28-19(25)22(20(26)29-8-2)12-16(21(4,5)30-13(3)23)14-10-9-11-15(17(14)22)18(24)27-6/h9-12H,7-8H2,1-6H3. The van der Waals surface area contributed by atoms with Crippen molar-refractivity contribution in [2.45, 2.75) is 45.6 Å². The molecule has 1 aromatic rings. The van der Waals surface area contributed by atoms with Gasteiger partial charge in [0.2, 0.25) is 5.41 Å². The van der Waals surface area contributed by atoms with Gasteiger partial charge >= 0.3 is 23.9 Å². The summed E-state index contributed by atoms with van der Waals surface area (Å²) in [5.41, 5.74) is -2.38. The van der Waals surface area contributed by atoms with E-state index in [-0.39, 0.29) is 24.3 Å². The van der Waals surface area contributed by atoms with Crippen molar-refractivity contribution in [3.8, 4) is 0 Å². The third kappa shape index (κ3) is 3.81. The quantitative estimate of drug-likeness (QED) is 0.378. The normalized spacial score (nSPS) is 14.3. The van der Waals surface area contributed by atoms with Crippen LogP contribution in [0, 0.1) is 0 Å². The molecule has 0 atom stereocenters. The van der Waals surface area contributed by atoms with Crippen LogP contribution in [0.1, 0.15) is 56.1 Å². The van der Waals surface area contributed by atoms with Crippen LogP contribution in [0.5, 0.6) is 0 Å². The Morgan fingerprint density at radius 2 is 1.57 bits per heavy atom. The minimum absolute atomic E-state index is 0.00618. The number of esters is 4. The molecular formula is C22H26O8. The van der Waals surface area contributed by atoms with Gasteiger partial charge in [0.1, 0.15) is 5.60 Å². The molecule has 30 heavy (non-hydrogen) atoms. The molecule has 0 unspecified atom stereocenters. The van der Waals surface area contributed by atoms with E-state index in [2.05, 4.69) is 0 Å². The van der Waals surface area contributed by atoms with Crippen molar-refractivity contribution in [2.24, 2.45) is 0 Å². The van der Waals surface area contributed by atoms with E-state index in [1.54, 1.807) is 39.8 Å². The first kappa shape index (κ1) is 23.1. The maximum absolute atomic E-state index is 13.2. The van der Waals surface area contributed by atoms with Crippen molar-refractivity contribution >= 4 is 29.5 Å². The first-order chi connectivity index (χ1) is 14.1. The van der Waals surface area contributed by atoms with Crippen LogP contribution in [0.25, 0.3) is 5.57 Å². The molecular weight excluding hydrogens is 392 g/mol. The Balaban J connectivity index is 2.93. The van der Waals surface area contributed by atoms with Crippen molar-refractivity contribution in [2.75, 3.05) is 20.3 Å². The van der Waals surface area contributed by atoms with Gasteiger partial charge in [-0.2, -0.15) is 0 Å². The molecule has 0 heterocycles. The molecule has 0 bridgehead atoms. The third-order valence-electron chi connectivity index (χ3n) is 4.76. The summed E-state index contributed by atoms with van der Waals surface area (Å²) in [4.78, 5) is 50.6. The summed E-state index contributed by atoms with van der Waals surface area (Å²) in [6.45, 7) is 7.73. The zero-order chi connectivity index (χ0) is 22.7. The Labute approximate surface area is 175 Å². The number of hydrogen-bond donors (Lipinski definition) is 0. The molecule has 0 radical (unpaired) electrons. The van der Waals surface area contributed by atoms with Gasteiger partial charge in [0.05, 0.1) is 25.9 Å². The molecule has 1 aromatic carbocycles. The lowest BCUT2D eigenvalue weighted by Gasteiger charge is -2.27. The largest absolute Gasteiger partial charge is 0.465 e. The van der Waals surface area contributed by atoms with Gasteiger partial charge in [0, 0.05) is 18.1 Å². The highest BCUT2D eigenvalue weighted by atomic mass is 16.6. The summed E-state index contributed by atoms with van der Waals surface area (Å²) in [6, 6.07) is 4.68. The van der Waals surface area contributed by atoms with E-state index in [0.717, 1.165) is 0 Å². The molecule has 0 aliphatic heterocycles. The summed E-state index contributed by atoms with van der Waals surface area (Å²) in [6.07, 6.45) is 1.36. The van der Waals surface area contributed by atoms with Gasteiger partial charge in [0.15, 0.2) is 0 Å². The highest BCUT2D eigenvalue weighted by Gasteiger charge is 2.57. The van der Waals surface area contributed by atoms with Crippen molar-refractivity contribution in [1.82, 2.24) is 0 Å². The van der Waals surface area contributed by atoms with Gasteiger partial charge in [0.25, 0.3) is 0 Å². The molecule has 0 spiro atoms. The fourth-order valence-corrected chi connectivity index (χ4v) is 3.66. The van der Waals surface area contributed by atoms with Gasteiger partial charge < -0.3 is 18.9 Å². The molecule has 0 fully saturated rings. The van der Waals surface area contributed by atoms with E-state index in [4.69, 9.17) is 18.9 Å². The van der Waals surface area contributed by atoms with Crippen LogP contribution >= 0.6 is 0 Å². The van der Waals surface area contributed by atoms with Crippen LogP contribution < -0.4 is 0 Å². The van der Waals surface area contributed by atoms with Crippen LogP contribution in [-0.2, 0) is 38.7 Å². The van der Waals surface area contributed by atoms with Gasteiger partial charge in [-0.05, 0) is 45.4 Å². The lowest BCUT2D eigenvalue weighted by atomic mass is 9.79. The Morgan fingerprint density at radius 1 is 1.00 bits per heavy atom. The molecule has 0 amide bonds. The van der Waals surface area contributed by atoms with E-state index in [1.807, 2.05) is 0 Å². The zero-order valence-corrected chi connectivity index (χ0v) is 18.0. The minimum Gasteiger partial charge on any atom is -0.465 e. The average Bonchev–Trinajstić information content (AvgIpc) is 3.04. The smallest absolute Gasteiger partial charge is 0.338 e. The summed E-state index contributed by atoms with van der Waals surface area (Å²) in [5.74, 6) is -3.06. The topological polar surface area (TPSA) is 105 Å². The number of ether oxygens (including phenoxy) is 4. The fourth-order valence-electron chi connectivity index (χ4n) is 3.66. The lowest BCUT2D eigenvalue weighted by molar-refractivity contribution is -0.161. The molecule has 0 saturated carbocycles. The maximum Gasteiger partial charge on any atom is 0.338 e. The van der Waals surface area contributed by atoms with Crippen molar-refractivity contribution in [3.63, 3.8) is 0 Å². The van der Waals surface area contributed by atoms with Crippen LogP contribution in [0.4, 0.5) is 0 Å². The summed E-state index contributed by atoms with van der Waals surface area (Å²) < 4.78 is 20.8. The first-order valence-corrected chi connectivity index (χ1v) is 9.56. The first-order valence-electron chi connectivity index (χ1n) is 9.56. The molecule has 0 N–H and O–H groups in total. The van der Waals surface area contributed by atoms with Gasteiger partial charge in [-0.3, -0.25) is 14.4 Å². The van der Waals surface area contributed by atoms with Crippen LogP contribution in [-0.4, -0.2) is 49.8 Å². The SMILES string of the molecule is CCOC(=O)C1(C(=O)OCC)C=C(C(C)(C)OC(C)=O)c2cccc(C(=O)OC)c21. The molecule has 8 nitrogen and oxygen atoms in total. The Morgan fingerprint density at radius 3 is 2.03 bits per heavy atom. The van der Waals surface area contributed by atoms with Crippen LogP contribution in [0.3, 0.4) is 0 Å². The minimum atomic E-state index is -2.04. The zero-order valence-electron chi connectivity index (χ0n) is 18.0. The van der Waals surface area contributed by atoms with Crippen molar-refractivity contribution in [3.05, 3.63) is 41.0 Å². The lowest BCUT2D eigenvalue weighted by Crippen LogP contribution is -2.44. The Hall–Kier alpha value is -3.16. The number of hydrogen-bond acceptors (Lipinski definition) is 8. The van der Waals surface area contributed by atoms with Crippen molar-refractivity contribution in [1.29, 1.82) is 0 Å². The van der Waals surface area contributed by atoms with Crippen LogP contribution in [0.2, 0.25) is 0 Å². The van der Waals surface area contributed by atoms with E-state index in [1.165, 1.54) is 26.2 Å². The highest BCUT2D eigenvalue weighted by Crippen LogP contribution is 2.49. The van der Waals surface area contributed by atoms with E-state index in [9.17, 15) is 19.2 Å². The Kier molecular flexibility index (Phi) is 6.70.